The van der Waals surface area contributed by atoms with Crippen molar-refractivity contribution in [3.63, 3.8) is 0 Å². The Morgan fingerprint density at radius 1 is 1.15 bits per heavy atom. The van der Waals surface area contributed by atoms with Gasteiger partial charge < -0.3 is 29.7 Å². The maximum Gasteiger partial charge on any atom is 0.254 e. The molecule has 34 heavy (non-hydrogen) atoms. The number of rotatable bonds is 5. The van der Waals surface area contributed by atoms with Crippen molar-refractivity contribution in [3.8, 4) is 0 Å². The Hall–Kier alpha value is -0.910. The van der Waals surface area contributed by atoms with Crippen LogP contribution in [-0.2, 0) is 23.8 Å². The van der Waals surface area contributed by atoms with Gasteiger partial charge in [-0.2, -0.15) is 0 Å². The number of amides is 2. The second kappa shape index (κ2) is 11.0. The number of carbonyl (C=O) groups excluding carboxylic acids is 2. The average molecular weight is 497 g/mol. The molecule has 2 amide bonds. The van der Waals surface area contributed by atoms with Crippen LogP contribution in [0.15, 0.2) is 0 Å². The first kappa shape index (κ1) is 24.8. The second-order valence-corrected chi connectivity index (χ2v) is 11.9. The van der Waals surface area contributed by atoms with E-state index >= 15 is 0 Å². The molecule has 5 rings (SSSR count). The van der Waals surface area contributed by atoms with E-state index in [2.05, 4.69) is 22.9 Å². The average Bonchev–Trinajstić information content (AvgIpc) is 3.42. The monoisotopic (exact) mass is 496 g/mol. The van der Waals surface area contributed by atoms with Gasteiger partial charge in [-0.05, 0) is 38.0 Å². The lowest BCUT2D eigenvalue weighted by Gasteiger charge is -2.44. The zero-order valence-electron chi connectivity index (χ0n) is 20.4. The summed E-state index contributed by atoms with van der Waals surface area (Å²) in [6.07, 6.45) is 5.50. The van der Waals surface area contributed by atoms with Crippen molar-refractivity contribution in [3.05, 3.63) is 0 Å². The van der Waals surface area contributed by atoms with Crippen LogP contribution in [0.5, 0.6) is 0 Å². The van der Waals surface area contributed by atoms with Crippen LogP contribution in [-0.4, -0.2) is 98.3 Å². The van der Waals surface area contributed by atoms with Crippen LogP contribution < -0.4 is 16.0 Å². The van der Waals surface area contributed by atoms with Gasteiger partial charge in [0.15, 0.2) is 6.10 Å². The predicted octanol–water partition coefficient (Wildman–Crippen LogP) is 0.537. The Kier molecular flexibility index (Phi) is 8.02. The fourth-order valence-corrected chi connectivity index (χ4v) is 8.02. The number of methoxy groups -OCH3 is 1. The number of carbonyl (C=O) groups is 2. The summed E-state index contributed by atoms with van der Waals surface area (Å²) in [5, 5.41) is 10.6. The van der Waals surface area contributed by atoms with Crippen LogP contribution in [0.2, 0.25) is 0 Å². The molecule has 1 saturated carbocycles. The fraction of sp³-hybridized carbons (Fsp3) is 0.917. The normalized spacial score (nSPS) is 42.9. The summed E-state index contributed by atoms with van der Waals surface area (Å²) in [5.74, 6) is 0.908. The number of thioether (sulfide) groups is 1. The van der Waals surface area contributed by atoms with Gasteiger partial charge in [0.05, 0.1) is 31.8 Å². The molecule has 5 fully saturated rings. The molecule has 9 unspecified atom stereocenters. The van der Waals surface area contributed by atoms with Crippen molar-refractivity contribution in [2.24, 2.45) is 17.8 Å². The minimum atomic E-state index is -0.484. The summed E-state index contributed by atoms with van der Waals surface area (Å²) in [7, 11) is 1.82. The van der Waals surface area contributed by atoms with Crippen LogP contribution in [0.4, 0.5) is 0 Å². The number of hydrogen-bond acceptors (Lipinski definition) is 8. The van der Waals surface area contributed by atoms with Gasteiger partial charge in [0.25, 0.3) is 5.91 Å². The standard InChI is InChI=1S/C24H40N4O5S/c1-14-9-16(15-5-3-4-6-19(15)31-2)17(10-25-14)22(29)27-24-26-18-11-28(12-21(18)34-24)23(30)20-13-32-7-8-33-20/h14-21,24-26H,3-13H2,1-2H3,(H,27,29). The summed E-state index contributed by atoms with van der Waals surface area (Å²) < 4.78 is 16.8. The Morgan fingerprint density at radius 3 is 2.76 bits per heavy atom. The summed E-state index contributed by atoms with van der Waals surface area (Å²) >= 11 is 1.73. The highest BCUT2D eigenvalue weighted by atomic mass is 32.2. The van der Waals surface area contributed by atoms with E-state index in [0.717, 1.165) is 25.8 Å². The lowest BCUT2D eigenvalue weighted by molar-refractivity contribution is -0.157. The smallest absolute Gasteiger partial charge is 0.254 e. The van der Waals surface area contributed by atoms with Crippen molar-refractivity contribution in [1.29, 1.82) is 0 Å². The molecule has 4 heterocycles. The van der Waals surface area contributed by atoms with Gasteiger partial charge in [0.2, 0.25) is 5.91 Å². The van der Waals surface area contributed by atoms with Crippen LogP contribution >= 0.6 is 11.8 Å². The van der Waals surface area contributed by atoms with Gasteiger partial charge >= 0.3 is 0 Å². The number of hydrogen-bond donors (Lipinski definition) is 3. The molecular weight excluding hydrogens is 456 g/mol. The molecule has 5 aliphatic rings. The number of fused-ring (bicyclic) bond motifs is 1. The molecule has 0 aromatic carbocycles. The van der Waals surface area contributed by atoms with Gasteiger partial charge in [-0.15, -0.1) is 11.8 Å². The molecule has 0 bridgehead atoms. The van der Waals surface area contributed by atoms with Crippen molar-refractivity contribution in [2.45, 2.75) is 74.1 Å². The first-order valence-electron chi connectivity index (χ1n) is 13.0. The highest BCUT2D eigenvalue weighted by Crippen LogP contribution is 2.40. The minimum absolute atomic E-state index is 0.0162. The third-order valence-corrected chi connectivity index (χ3v) is 9.74. The third kappa shape index (κ3) is 5.27. The van der Waals surface area contributed by atoms with Crippen LogP contribution in [0, 0.1) is 17.8 Å². The molecule has 0 aromatic heterocycles. The van der Waals surface area contributed by atoms with Crippen molar-refractivity contribution in [2.75, 3.05) is 46.6 Å². The third-order valence-electron chi connectivity index (χ3n) is 8.39. The zero-order valence-corrected chi connectivity index (χ0v) is 21.2. The van der Waals surface area contributed by atoms with E-state index in [9.17, 15) is 9.59 Å². The largest absolute Gasteiger partial charge is 0.381 e. The van der Waals surface area contributed by atoms with Crippen molar-refractivity contribution in [1.82, 2.24) is 20.9 Å². The highest BCUT2D eigenvalue weighted by molar-refractivity contribution is 8.00. The maximum absolute atomic E-state index is 13.5. The van der Waals surface area contributed by atoms with Crippen molar-refractivity contribution < 1.29 is 23.8 Å². The van der Waals surface area contributed by atoms with E-state index in [1.807, 2.05) is 12.0 Å². The first-order chi connectivity index (χ1) is 16.5. The lowest BCUT2D eigenvalue weighted by atomic mass is 9.68. The lowest BCUT2D eigenvalue weighted by Crippen LogP contribution is -2.55. The SMILES string of the molecule is COC1CCCCC1C1CC(C)NCC1C(=O)NC1NC2CN(C(=O)C3COCCO3)CC2S1. The summed E-state index contributed by atoms with van der Waals surface area (Å²) in [4.78, 5) is 28.1. The second-order valence-electron chi connectivity index (χ2n) is 10.6. The van der Waals surface area contributed by atoms with E-state index in [0.29, 0.717) is 50.8 Å². The Bertz CT molecular complexity index is 724. The highest BCUT2D eigenvalue weighted by Gasteiger charge is 2.47. The molecule has 4 saturated heterocycles. The van der Waals surface area contributed by atoms with E-state index in [1.54, 1.807) is 11.8 Å². The molecule has 0 spiro atoms. The van der Waals surface area contributed by atoms with Gasteiger partial charge in [-0.1, -0.05) is 12.8 Å². The first-order valence-corrected chi connectivity index (χ1v) is 13.9. The number of ether oxygens (including phenoxy) is 3. The van der Waals surface area contributed by atoms with Gasteiger partial charge in [0.1, 0.15) is 5.50 Å². The molecule has 9 nitrogen and oxygen atoms in total. The maximum atomic E-state index is 13.5. The van der Waals surface area contributed by atoms with Crippen LogP contribution in [0.25, 0.3) is 0 Å². The van der Waals surface area contributed by atoms with Gasteiger partial charge in [0, 0.05) is 44.1 Å². The summed E-state index contributed by atoms with van der Waals surface area (Å²) in [5.41, 5.74) is -0.112. The number of nitrogens with zero attached hydrogens (tertiary/aromatic N) is 1. The number of piperidine rings is 1. The molecule has 9 atom stereocenters. The Labute approximate surface area is 206 Å². The van der Waals surface area contributed by atoms with E-state index in [-0.39, 0.29) is 40.6 Å². The summed E-state index contributed by atoms with van der Waals surface area (Å²) in [6, 6.07) is 0.606. The number of likely N-dealkylation sites (tertiary alicyclic amines) is 1. The molecule has 0 aromatic rings. The van der Waals surface area contributed by atoms with Crippen LogP contribution in [0.3, 0.4) is 0 Å². The molecule has 10 heteroatoms. The predicted molar refractivity (Wildman–Crippen MR) is 129 cm³/mol. The summed E-state index contributed by atoms with van der Waals surface area (Å²) in [6.45, 7) is 5.63. The molecule has 0 radical (unpaired) electrons. The van der Waals surface area contributed by atoms with E-state index in [4.69, 9.17) is 14.2 Å². The van der Waals surface area contributed by atoms with E-state index in [1.165, 1.54) is 12.8 Å². The Balaban J connectivity index is 1.15. The molecule has 1 aliphatic carbocycles. The van der Waals surface area contributed by atoms with Crippen LogP contribution in [0.1, 0.15) is 39.0 Å². The minimum Gasteiger partial charge on any atom is -0.381 e. The van der Waals surface area contributed by atoms with Gasteiger partial charge in [-0.25, -0.2) is 0 Å². The molecule has 4 aliphatic heterocycles. The fourth-order valence-electron chi connectivity index (χ4n) is 6.61. The topological polar surface area (TPSA) is 101 Å². The number of nitrogens with one attached hydrogen (secondary N) is 3. The molecule has 3 N–H and O–H groups in total. The van der Waals surface area contributed by atoms with E-state index < -0.39 is 6.10 Å². The quantitative estimate of drug-likeness (QED) is 0.507. The Morgan fingerprint density at radius 2 is 2.00 bits per heavy atom. The molecule has 192 valence electrons. The van der Waals surface area contributed by atoms with Gasteiger partial charge in [-0.3, -0.25) is 14.9 Å². The molecular formula is C24H40N4O5S. The van der Waals surface area contributed by atoms with Crippen molar-refractivity contribution >= 4 is 23.6 Å². The zero-order chi connectivity index (χ0) is 23.7.